The van der Waals surface area contributed by atoms with Crippen LogP contribution < -0.4 is 0 Å². The number of amides is 1. The quantitative estimate of drug-likeness (QED) is 0.800. The SMILES string of the molecule is C=CCN(C(=O)C(F)(F)F)C(C#N)c1ccc2ccccc2c1. The lowest BCUT2D eigenvalue weighted by Crippen LogP contribution is -2.43. The molecule has 0 saturated heterocycles. The number of fused-ring (bicyclic) bond motifs is 1. The van der Waals surface area contributed by atoms with Crippen LogP contribution in [0.5, 0.6) is 0 Å². The Hall–Kier alpha value is -2.81. The van der Waals surface area contributed by atoms with Crippen LogP contribution in [0.4, 0.5) is 13.2 Å². The molecule has 0 spiro atoms. The maximum Gasteiger partial charge on any atom is 0.471 e. The third-order valence-electron chi connectivity index (χ3n) is 3.35. The average molecular weight is 318 g/mol. The molecule has 23 heavy (non-hydrogen) atoms. The van der Waals surface area contributed by atoms with Crippen molar-refractivity contribution in [3.8, 4) is 6.07 Å². The summed E-state index contributed by atoms with van der Waals surface area (Å²) in [7, 11) is 0. The van der Waals surface area contributed by atoms with Gasteiger partial charge >= 0.3 is 12.1 Å². The van der Waals surface area contributed by atoms with Crippen molar-refractivity contribution in [2.45, 2.75) is 12.2 Å². The first-order valence-corrected chi connectivity index (χ1v) is 6.75. The highest BCUT2D eigenvalue weighted by Crippen LogP contribution is 2.28. The van der Waals surface area contributed by atoms with E-state index in [2.05, 4.69) is 6.58 Å². The number of nitrogens with zero attached hydrogens (tertiary/aromatic N) is 2. The molecule has 3 nitrogen and oxygen atoms in total. The largest absolute Gasteiger partial charge is 0.471 e. The van der Waals surface area contributed by atoms with E-state index in [1.165, 1.54) is 0 Å². The number of carbonyl (C=O) groups is 1. The molecule has 0 radical (unpaired) electrons. The number of rotatable bonds is 4. The van der Waals surface area contributed by atoms with Crippen LogP contribution in [0.3, 0.4) is 0 Å². The molecule has 1 atom stereocenters. The summed E-state index contributed by atoms with van der Waals surface area (Å²) in [5.41, 5.74) is 0.325. The van der Waals surface area contributed by atoms with Gasteiger partial charge in [0, 0.05) is 6.54 Å². The zero-order valence-electron chi connectivity index (χ0n) is 12.0. The highest BCUT2D eigenvalue weighted by Gasteiger charge is 2.44. The first-order chi connectivity index (χ1) is 10.9. The molecule has 1 unspecified atom stereocenters. The molecule has 1 amide bonds. The van der Waals surface area contributed by atoms with Gasteiger partial charge in [0.05, 0.1) is 6.07 Å². The summed E-state index contributed by atoms with van der Waals surface area (Å²) in [6.07, 6.45) is -3.88. The first kappa shape index (κ1) is 16.6. The summed E-state index contributed by atoms with van der Waals surface area (Å²) in [5, 5.41) is 11.0. The van der Waals surface area contributed by atoms with E-state index in [0.29, 0.717) is 10.5 Å². The van der Waals surface area contributed by atoms with Gasteiger partial charge in [-0.25, -0.2) is 0 Å². The highest BCUT2D eigenvalue weighted by molar-refractivity contribution is 5.85. The molecular weight excluding hydrogens is 305 g/mol. The Kier molecular flexibility index (Phi) is 4.70. The molecule has 0 fully saturated rings. The zero-order valence-corrected chi connectivity index (χ0v) is 12.0. The van der Waals surface area contributed by atoms with Gasteiger partial charge in [-0.2, -0.15) is 18.4 Å². The Morgan fingerprint density at radius 3 is 2.48 bits per heavy atom. The van der Waals surface area contributed by atoms with Crippen LogP contribution in [0, 0.1) is 11.3 Å². The predicted molar refractivity (Wildman–Crippen MR) is 80.3 cm³/mol. The van der Waals surface area contributed by atoms with E-state index < -0.39 is 18.1 Å². The van der Waals surface area contributed by atoms with E-state index in [0.717, 1.165) is 16.8 Å². The normalized spacial score (nSPS) is 12.4. The molecule has 0 aromatic heterocycles. The Bertz CT molecular complexity index is 777. The van der Waals surface area contributed by atoms with Crippen molar-refractivity contribution in [1.29, 1.82) is 5.26 Å². The summed E-state index contributed by atoms with van der Waals surface area (Å²) in [5.74, 6) is -2.06. The molecule has 0 aliphatic rings. The highest BCUT2D eigenvalue weighted by atomic mass is 19.4. The molecule has 0 N–H and O–H groups in total. The summed E-state index contributed by atoms with van der Waals surface area (Å²) < 4.78 is 38.3. The standard InChI is InChI=1S/C17H13F3N2O/c1-2-9-22(16(23)17(18,19)20)15(11-21)14-8-7-12-5-3-4-6-13(12)10-14/h2-8,10,15H,1,9H2. The van der Waals surface area contributed by atoms with Gasteiger partial charge in [-0.1, -0.05) is 42.5 Å². The Balaban J connectivity index is 2.47. The van der Waals surface area contributed by atoms with Crippen LogP contribution >= 0.6 is 0 Å². The fourth-order valence-electron chi connectivity index (χ4n) is 2.31. The minimum Gasteiger partial charge on any atom is -0.311 e. The van der Waals surface area contributed by atoms with Gasteiger partial charge in [0.1, 0.15) is 6.04 Å². The molecule has 0 heterocycles. The van der Waals surface area contributed by atoms with Crippen LogP contribution in [-0.4, -0.2) is 23.5 Å². The molecule has 118 valence electrons. The minimum absolute atomic E-state index is 0.325. The lowest BCUT2D eigenvalue weighted by atomic mass is 10.0. The van der Waals surface area contributed by atoms with E-state index in [-0.39, 0.29) is 6.54 Å². The first-order valence-electron chi connectivity index (χ1n) is 6.75. The number of carbonyl (C=O) groups excluding carboxylic acids is 1. The second kappa shape index (κ2) is 6.53. The Labute approximate surface area is 131 Å². The summed E-state index contributed by atoms with van der Waals surface area (Å²) >= 11 is 0. The van der Waals surface area contributed by atoms with Gasteiger partial charge in [-0.05, 0) is 22.4 Å². The average Bonchev–Trinajstić information content (AvgIpc) is 2.53. The lowest BCUT2D eigenvalue weighted by molar-refractivity contribution is -0.186. The third kappa shape index (κ3) is 3.51. The van der Waals surface area contributed by atoms with Crippen molar-refractivity contribution in [1.82, 2.24) is 4.90 Å². The second-order valence-electron chi connectivity index (χ2n) is 4.88. The molecule has 0 bridgehead atoms. The van der Waals surface area contributed by atoms with Gasteiger partial charge in [0.15, 0.2) is 0 Å². The van der Waals surface area contributed by atoms with E-state index in [1.807, 2.05) is 12.1 Å². The van der Waals surface area contributed by atoms with Crippen LogP contribution in [-0.2, 0) is 4.79 Å². The van der Waals surface area contributed by atoms with E-state index in [1.54, 1.807) is 36.4 Å². The fourth-order valence-corrected chi connectivity index (χ4v) is 2.31. The maximum absolute atomic E-state index is 12.8. The van der Waals surface area contributed by atoms with Crippen LogP contribution in [0.15, 0.2) is 55.1 Å². The fraction of sp³-hybridized carbons (Fsp3) is 0.176. The van der Waals surface area contributed by atoms with Crippen LogP contribution in [0.25, 0.3) is 10.8 Å². The van der Waals surface area contributed by atoms with Gasteiger partial charge in [-0.3, -0.25) is 4.79 Å². The molecule has 6 heteroatoms. The van der Waals surface area contributed by atoms with Crippen molar-refractivity contribution < 1.29 is 18.0 Å². The number of hydrogen-bond acceptors (Lipinski definition) is 2. The van der Waals surface area contributed by atoms with Gasteiger partial charge in [-0.15, -0.1) is 6.58 Å². The second-order valence-corrected chi connectivity index (χ2v) is 4.88. The van der Waals surface area contributed by atoms with E-state index >= 15 is 0 Å². The number of hydrogen-bond donors (Lipinski definition) is 0. The topological polar surface area (TPSA) is 44.1 Å². The molecule has 0 saturated carbocycles. The van der Waals surface area contributed by atoms with Gasteiger partial charge in [0.2, 0.25) is 0 Å². The Morgan fingerprint density at radius 1 is 1.26 bits per heavy atom. The zero-order chi connectivity index (χ0) is 17.0. The van der Waals surface area contributed by atoms with Crippen LogP contribution in [0.1, 0.15) is 11.6 Å². The van der Waals surface area contributed by atoms with Crippen molar-refractivity contribution in [3.05, 3.63) is 60.7 Å². The molecular formula is C17H13F3N2O. The van der Waals surface area contributed by atoms with Crippen molar-refractivity contribution in [3.63, 3.8) is 0 Å². The molecule has 0 aliphatic heterocycles. The van der Waals surface area contributed by atoms with Crippen LogP contribution in [0.2, 0.25) is 0 Å². The molecule has 2 rings (SSSR count). The maximum atomic E-state index is 12.8. The molecule has 2 aromatic rings. The van der Waals surface area contributed by atoms with E-state index in [4.69, 9.17) is 0 Å². The summed E-state index contributed by atoms with van der Waals surface area (Å²) in [4.78, 5) is 12.1. The van der Waals surface area contributed by atoms with Crippen molar-refractivity contribution in [2.75, 3.05) is 6.54 Å². The number of nitriles is 1. The lowest BCUT2D eigenvalue weighted by Gasteiger charge is -2.27. The summed E-state index contributed by atoms with van der Waals surface area (Å²) in [6.45, 7) is 2.98. The smallest absolute Gasteiger partial charge is 0.311 e. The Morgan fingerprint density at radius 2 is 1.91 bits per heavy atom. The number of alkyl halides is 3. The molecule has 2 aromatic carbocycles. The number of halogens is 3. The van der Waals surface area contributed by atoms with Gasteiger partial charge < -0.3 is 4.90 Å². The minimum atomic E-state index is -5.05. The van der Waals surface area contributed by atoms with Gasteiger partial charge in [0.25, 0.3) is 0 Å². The summed E-state index contributed by atoms with van der Waals surface area (Å²) in [6, 6.07) is 12.6. The predicted octanol–water partition coefficient (Wildman–Crippen LogP) is 3.98. The molecule has 0 aliphatic carbocycles. The van der Waals surface area contributed by atoms with Crippen molar-refractivity contribution in [2.24, 2.45) is 0 Å². The number of benzene rings is 2. The van der Waals surface area contributed by atoms with E-state index in [9.17, 15) is 23.2 Å². The monoisotopic (exact) mass is 318 g/mol. The third-order valence-corrected chi connectivity index (χ3v) is 3.35. The van der Waals surface area contributed by atoms with Crippen molar-refractivity contribution >= 4 is 16.7 Å².